The van der Waals surface area contributed by atoms with Crippen molar-refractivity contribution in [2.75, 3.05) is 27.2 Å². The van der Waals surface area contributed by atoms with Gasteiger partial charge in [0.1, 0.15) is 0 Å². The zero-order valence-corrected chi connectivity index (χ0v) is 9.83. The molecule has 0 unspecified atom stereocenters. The molecule has 14 heavy (non-hydrogen) atoms. The van der Waals surface area contributed by atoms with Gasteiger partial charge in [0, 0.05) is 12.6 Å². The number of carbonyl (C=O) groups excluding carboxylic acids is 1. The molecular formula is C11H21NO2. The lowest BCUT2D eigenvalue weighted by Gasteiger charge is -2.16. The molecule has 0 N–H and O–H groups in total. The monoisotopic (exact) mass is 199 g/mol. The SMILES string of the molecule is CN(C)C/C=C/C(=O)OCC(C)(C)C. The minimum absolute atomic E-state index is 0.0328. The highest BCUT2D eigenvalue weighted by Crippen LogP contribution is 2.12. The Morgan fingerprint density at radius 3 is 2.36 bits per heavy atom. The van der Waals surface area contributed by atoms with Gasteiger partial charge in [-0.05, 0) is 19.5 Å². The van der Waals surface area contributed by atoms with Gasteiger partial charge in [0.25, 0.3) is 0 Å². The molecule has 82 valence electrons. The highest BCUT2D eigenvalue weighted by Gasteiger charge is 2.11. The first-order chi connectivity index (χ1) is 6.31. The van der Waals surface area contributed by atoms with Crippen LogP contribution in [0.25, 0.3) is 0 Å². The van der Waals surface area contributed by atoms with E-state index in [1.807, 2.05) is 39.8 Å². The van der Waals surface area contributed by atoms with E-state index in [-0.39, 0.29) is 11.4 Å². The predicted octanol–water partition coefficient (Wildman–Crippen LogP) is 1.69. The van der Waals surface area contributed by atoms with E-state index >= 15 is 0 Å². The second kappa shape index (κ2) is 5.81. The minimum atomic E-state index is -0.262. The number of ether oxygens (including phenoxy) is 1. The smallest absolute Gasteiger partial charge is 0.330 e. The molecule has 0 rings (SSSR count). The van der Waals surface area contributed by atoms with Crippen molar-refractivity contribution < 1.29 is 9.53 Å². The molecule has 0 saturated carbocycles. The second-order valence-electron chi connectivity index (χ2n) is 4.83. The molecule has 0 aliphatic rings. The lowest BCUT2D eigenvalue weighted by Crippen LogP contribution is -2.17. The van der Waals surface area contributed by atoms with Crippen LogP contribution in [0.4, 0.5) is 0 Å². The van der Waals surface area contributed by atoms with Gasteiger partial charge < -0.3 is 9.64 Å². The quantitative estimate of drug-likeness (QED) is 0.510. The average Bonchev–Trinajstić information content (AvgIpc) is 1.99. The summed E-state index contributed by atoms with van der Waals surface area (Å²) in [7, 11) is 3.90. The molecule has 0 atom stereocenters. The molecule has 0 aliphatic carbocycles. The van der Waals surface area contributed by atoms with Crippen molar-refractivity contribution in [2.45, 2.75) is 20.8 Å². The van der Waals surface area contributed by atoms with Gasteiger partial charge in [-0.1, -0.05) is 26.8 Å². The first kappa shape index (κ1) is 13.2. The van der Waals surface area contributed by atoms with E-state index in [0.717, 1.165) is 6.54 Å². The number of hydrogen-bond donors (Lipinski definition) is 0. The third kappa shape index (κ3) is 9.26. The Morgan fingerprint density at radius 2 is 1.93 bits per heavy atom. The normalized spacial score (nSPS) is 12.4. The zero-order chi connectivity index (χ0) is 11.2. The van der Waals surface area contributed by atoms with Gasteiger partial charge in [-0.2, -0.15) is 0 Å². The molecule has 0 fully saturated rings. The maximum atomic E-state index is 11.1. The van der Waals surface area contributed by atoms with Crippen molar-refractivity contribution in [3.63, 3.8) is 0 Å². The molecule has 0 spiro atoms. The lowest BCUT2D eigenvalue weighted by molar-refractivity contribution is -0.140. The van der Waals surface area contributed by atoms with Crippen LogP contribution in [0.3, 0.4) is 0 Å². The summed E-state index contributed by atoms with van der Waals surface area (Å²) in [5, 5.41) is 0. The van der Waals surface area contributed by atoms with Crippen LogP contribution in [0, 0.1) is 5.41 Å². The maximum absolute atomic E-state index is 11.1. The van der Waals surface area contributed by atoms with E-state index in [1.54, 1.807) is 6.08 Å². The zero-order valence-electron chi connectivity index (χ0n) is 9.83. The van der Waals surface area contributed by atoms with Crippen molar-refractivity contribution in [3.8, 4) is 0 Å². The van der Waals surface area contributed by atoms with Gasteiger partial charge in [-0.25, -0.2) is 4.79 Å². The molecule has 0 aliphatic heterocycles. The molecule has 0 aromatic rings. The number of likely N-dealkylation sites (N-methyl/N-ethyl adjacent to an activating group) is 1. The molecule has 0 radical (unpaired) electrons. The summed E-state index contributed by atoms with van der Waals surface area (Å²) >= 11 is 0. The Kier molecular flexibility index (Phi) is 5.46. The van der Waals surface area contributed by atoms with Crippen molar-refractivity contribution in [3.05, 3.63) is 12.2 Å². The van der Waals surface area contributed by atoms with E-state index in [0.29, 0.717) is 6.61 Å². The summed E-state index contributed by atoms with van der Waals surface area (Å²) in [6.45, 7) is 7.31. The minimum Gasteiger partial charge on any atom is -0.462 e. The molecule has 3 heteroatoms. The molecule has 0 amide bonds. The maximum Gasteiger partial charge on any atom is 0.330 e. The summed E-state index contributed by atoms with van der Waals surface area (Å²) in [5.41, 5.74) is 0.0328. The largest absolute Gasteiger partial charge is 0.462 e. The summed E-state index contributed by atoms with van der Waals surface area (Å²) < 4.78 is 5.04. The van der Waals surface area contributed by atoms with Gasteiger partial charge in [-0.15, -0.1) is 0 Å². The first-order valence-corrected chi connectivity index (χ1v) is 4.79. The Balaban J connectivity index is 3.71. The van der Waals surface area contributed by atoms with Crippen LogP contribution >= 0.6 is 0 Å². The molecule has 0 heterocycles. The number of hydrogen-bond acceptors (Lipinski definition) is 3. The van der Waals surface area contributed by atoms with Gasteiger partial charge in [0.15, 0.2) is 0 Å². The lowest BCUT2D eigenvalue weighted by atomic mass is 9.99. The van der Waals surface area contributed by atoms with Crippen molar-refractivity contribution in [2.24, 2.45) is 5.41 Å². The Labute approximate surface area is 86.7 Å². The Hall–Kier alpha value is -0.830. The van der Waals surface area contributed by atoms with Crippen LogP contribution in [0.5, 0.6) is 0 Å². The Morgan fingerprint density at radius 1 is 1.36 bits per heavy atom. The molecule has 0 saturated heterocycles. The standard InChI is InChI=1S/C11H21NO2/c1-11(2,3)9-14-10(13)7-6-8-12(4)5/h6-7H,8-9H2,1-5H3/b7-6+. The predicted molar refractivity (Wildman–Crippen MR) is 58.1 cm³/mol. The third-order valence-electron chi connectivity index (χ3n) is 1.37. The number of esters is 1. The number of carbonyl (C=O) groups is 1. The van der Waals surface area contributed by atoms with Crippen LogP contribution in [-0.2, 0) is 9.53 Å². The van der Waals surface area contributed by atoms with Gasteiger partial charge >= 0.3 is 5.97 Å². The van der Waals surface area contributed by atoms with Crippen molar-refractivity contribution in [1.82, 2.24) is 4.90 Å². The van der Waals surface area contributed by atoms with E-state index in [9.17, 15) is 4.79 Å². The second-order valence-corrected chi connectivity index (χ2v) is 4.83. The molecule has 0 aromatic carbocycles. The van der Waals surface area contributed by atoms with E-state index in [4.69, 9.17) is 4.74 Å². The fourth-order valence-corrected chi connectivity index (χ4v) is 0.695. The van der Waals surface area contributed by atoms with Crippen LogP contribution < -0.4 is 0 Å². The van der Waals surface area contributed by atoms with Crippen molar-refractivity contribution >= 4 is 5.97 Å². The van der Waals surface area contributed by atoms with Crippen molar-refractivity contribution in [1.29, 1.82) is 0 Å². The van der Waals surface area contributed by atoms with Crippen LogP contribution in [0.15, 0.2) is 12.2 Å². The summed E-state index contributed by atoms with van der Waals surface area (Å²) in [6, 6.07) is 0. The first-order valence-electron chi connectivity index (χ1n) is 4.79. The number of nitrogens with zero attached hydrogens (tertiary/aromatic N) is 1. The van der Waals surface area contributed by atoms with Crippen LogP contribution in [0.2, 0.25) is 0 Å². The fourth-order valence-electron chi connectivity index (χ4n) is 0.695. The summed E-state index contributed by atoms with van der Waals surface area (Å²) in [4.78, 5) is 13.1. The van der Waals surface area contributed by atoms with Gasteiger partial charge in [0.05, 0.1) is 6.61 Å². The number of rotatable bonds is 4. The van der Waals surface area contributed by atoms with Crippen LogP contribution in [0.1, 0.15) is 20.8 Å². The molecular weight excluding hydrogens is 178 g/mol. The average molecular weight is 199 g/mol. The van der Waals surface area contributed by atoms with Gasteiger partial charge in [-0.3, -0.25) is 0 Å². The fraction of sp³-hybridized carbons (Fsp3) is 0.727. The van der Waals surface area contributed by atoms with Crippen LogP contribution in [-0.4, -0.2) is 38.1 Å². The topological polar surface area (TPSA) is 29.5 Å². The summed E-state index contributed by atoms with van der Waals surface area (Å²) in [5.74, 6) is -0.262. The molecule has 0 bridgehead atoms. The summed E-state index contributed by atoms with van der Waals surface area (Å²) in [6.07, 6.45) is 3.27. The van der Waals surface area contributed by atoms with E-state index in [2.05, 4.69) is 0 Å². The van der Waals surface area contributed by atoms with E-state index in [1.165, 1.54) is 6.08 Å². The Bertz CT molecular complexity index is 202. The highest BCUT2D eigenvalue weighted by atomic mass is 16.5. The third-order valence-corrected chi connectivity index (χ3v) is 1.37. The highest BCUT2D eigenvalue weighted by molar-refractivity contribution is 5.81. The molecule has 3 nitrogen and oxygen atoms in total. The molecule has 0 aromatic heterocycles. The van der Waals surface area contributed by atoms with Gasteiger partial charge in [0.2, 0.25) is 0 Å². The van der Waals surface area contributed by atoms with E-state index < -0.39 is 0 Å².